The number of benzene rings is 1. The third-order valence-electron chi connectivity index (χ3n) is 4.35. The third-order valence-corrected chi connectivity index (χ3v) is 5.65. The highest BCUT2D eigenvalue weighted by atomic mass is 32.2. The van der Waals surface area contributed by atoms with Gasteiger partial charge in [0, 0.05) is 38.8 Å². The zero-order valence-electron chi connectivity index (χ0n) is 14.6. The zero-order chi connectivity index (χ0) is 18.6. The summed E-state index contributed by atoms with van der Waals surface area (Å²) >= 11 is 0. The highest BCUT2D eigenvalue weighted by Crippen LogP contribution is 2.18. The Hall–Kier alpha value is -2.23. The third kappa shape index (κ3) is 4.69. The number of hydrogen-bond acceptors (Lipinski definition) is 7. The van der Waals surface area contributed by atoms with Crippen molar-refractivity contribution in [2.24, 2.45) is 0 Å². The number of nitrogens with one attached hydrogen (secondary N) is 1. The average molecular weight is 377 g/mol. The Kier molecular flexibility index (Phi) is 5.70. The smallest absolute Gasteiger partial charge is 0.211 e. The molecule has 1 atom stereocenters. The lowest BCUT2D eigenvalue weighted by Gasteiger charge is -2.34. The van der Waals surface area contributed by atoms with Gasteiger partial charge in [0.05, 0.1) is 12.4 Å². The number of aliphatic hydroxyl groups is 1. The van der Waals surface area contributed by atoms with E-state index in [0.717, 1.165) is 11.4 Å². The molecule has 26 heavy (non-hydrogen) atoms. The van der Waals surface area contributed by atoms with Gasteiger partial charge in [0.2, 0.25) is 10.0 Å². The molecule has 8 nitrogen and oxygen atoms in total. The SMILES string of the molecule is CS(=O)(=O)N1CCN(c2cc(NCC(O)c3ccccc3)ncn2)CC1. The minimum absolute atomic E-state index is 0.336. The van der Waals surface area contributed by atoms with Gasteiger partial charge in [-0.15, -0.1) is 0 Å². The summed E-state index contributed by atoms with van der Waals surface area (Å²) in [6, 6.07) is 11.2. The van der Waals surface area contributed by atoms with E-state index in [2.05, 4.69) is 15.3 Å². The van der Waals surface area contributed by atoms with Crippen LogP contribution >= 0.6 is 0 Å². The van der Waals surface area contributed by atoms with Crippen molar-refractivity contribution in [2.45, 2.75) is 6.10 Å². The van der Waals surface area contributed by atoms with Crippen LogP contribution in [0.1, 0.15) is 11.7 Å². The van der Waals surface area contributed by atoms with Crippen molar-refractivity contribution >= 4 is 21.7 Å². The molecule has 0 bridgehead atoms. The standard InChI is InChI=1S/C17H23N5O3S/c1-26(24,25)22-9-7-21(8-10-22)17-11-16(19-13-20-17)18-12-15(23)14-5-3-2-4-6-14/h2-6,11,13,15,23H,7-10,12H2,1H3,(H,18,19,20). The fourth-order valence-corrected chi connectivity index (χ4v) is 3.69. The van der Waals surface area contributed by atoms with E-state index >= 15 is 0 Å². The van der Waals surface area contributed by atoms with Crippen LogP contribution in [0, 0.1) is 0 Å². The summed E-state index contributed by atoms with van der Waals surface area (Å²) in [5.74, 6) is 1.36. The van der Waals surface area contributed by atoms with Crippen LogP contribution in [0.3, 0.4) is 0 Å². The molecule has 0 spiro atoms. The van der Waals surface area contributed by atoms with Crippen molar-refractivity contribution in [3.63, 3.8) is 0 Å². The molecule has 3 rings (SSSR count). The molecule has 1 saturated heterocycles. The van der Waals surface area contributed by atoms with Crippen LogP contribution in [-0.4, -0.2) is 66.8 Å². The van der Waals surface area contributed by atoms with Gasteiger partial charge >= 0.3 is 0 Å². The first kappa shape index (κ1) is 18.6. The molecule has 2 heterocycles. The lowest BCUT2D eigenvalue weighted by Crippen LogP contribution is -2.48. The predicted molar refractivity (Wildman–Crippen MR) is 101 cm³/mol. The van der Waals surface area contributed by atoms with Gasteiger partial charge in [-0.1, -0.05) is 30.3 Å². The van der Waals surface area contributed by atoms with Crippen molar-refractivity contribution in [3.05, 3.63) is 48.3 Å². The molecular formula is C17H23N5O3S. The van der Waals surface area contributed by atoms with E-state index in [9.17, 15) is 13.5 Å². The molecule has 2 aromatic rings. The Labute approximate surface area is 153 Å². The first-order chi connectivity index (χ1) is 12.4. The molecule has 0 saturated carbocycles. The van der Waals surface area contributed by atoms with Crippen LogP contribution < -0.4 is 10.2 Å². The Morgan fingerprint density at radius 1 is 1.15 bits per heavy atom. The molecule has 1 aromatic carbocycles. The number of nitrogens with zero attached hydrogens (tertiary/aromatic N) is 4. The Bertz CT molecular complexity index is 823. The van der Waals surface area contributed by atoms with Crippen LogP contribution in [0.15, 0.2) is 42.7 Å². The van der Waals surface area contributed by atoms with Crippen LogP contribution in [0.25, 0.3) is 0 Å². The molecule has 0 aliphatic carbocycles. The molecule has 9 heteroatoms. The maximum absolute atomic E-state index is 11.6. The van der Waals surface area contributed by atoms with Gasteiger partial charge in [-0.05, 0) is 5.56 Å². The van der Waals surface area contributed by atoms with E-state index in [4.69, 9.17) is 0 Å². The van der Waals surface area contributed by atoms with Crippen LogP contribution in [0.2, 0.25) is 0 Å². The second-order valence-corrected chi connectivity index (χ2v) is 8.20. The summed E-state index contributed by atoms with van der Waals surface area (Å²) in [7, 11) is -3.15. The second kappa shape index (κ2) is 7.98. The summed E-state index contributed by atoms with van der Waals surface area (Å²) in [4.78, 5) is 10.5. The molecule has 1 aliphatic rings. The van der Waals surface area contributed by atoms with Gasteiger partial charge in [0.1, 0.15) is 18.0 Å². The number of rotatable bonds is 6. The normalized spacial score (nSPS) is 17.1. The highest BCUT2D eigenvalue weighted by Gasteiger charge is 2.24. The number of aromatic nitrogens is 2. The molecule has 1 unspecified atom stereocenters. The summed E-state index contributed by atoms with van der Waals surface area (Å²) in [6.45, 7) is 2.38. The van der Waals surface area contributed by atoms with Crippen molar-refractivity contribution in [1.29, 1.82) is 0 Å². The molecule has 2 N–H and O–H groups in total. The van der Waals surface area contributed by atoms with Gasteiger partial charge in [-0.2, -0.15) is 4.31 Å². The number of aliphatic hydroxyl groups excluding tert-OH is 1. The Morgan fingerprint density at radius 2 is 1.85 bits per heavy atom. The summed E-state index contributed by atoms with van der Waals surface area (Å²) in [6.07, 6.45) is 2.07. The van der Waals surface area contributed by atoms with Crippen molar-refractivity contribution in [1.82, 2.24) is 14.3 Å². The molecule has 1 aromatic heterocycles. The topological polar surface area (TPSA) is 98.7 Å². The number of hydrogen-bond donors (Lipinski definition) is 2. The van der Waals surface area contributed by atoms with E-state index in [-0.39, 0.29) is 0 Å². The average Bonchev–Trinajstić information content (AvgIpc) is 2.66. The fourth-order valence-electron chi connectivity index (χ4n) is 2.86. The van der Waals surface area contributed by atoms with Crippen molar-refractivity contribution in [3.8, 4) is 0 Å². The van der Waals surface area contributed by atoms with Gasteiger partial charge in [0.25, 0.3) is 0 Å². The van der Waals surface area contributed by atoms with Gasteiger partial charge in [-0.3, -0.25) is 0 Å². The van der Waals surface area contributed by atoms with Crippen molar-refractivity contribution < 1.29 is 13.5 Å². The van der Waals surface area contributed by atoms with Crippen LogP contribution in [0.4, 0.5) is 11.6 Å². The molecule has 0 radical (unpaired) electrons. The number of sulfonamides is 1. The summed E-state index contributed by atoms with van der Waals surface area (Å²) in [5.41, 5.74) is 0.839. The maximum Gasteiger partial charge on any atom is 0.211 e. The van der Waals surface area contributed by atoms with Crippen LogP contribution in [-0.2, 0) is 10.0 Å². The van der Waals surface area contributed by atoms with E-state index in [1.165, 1.54) is 16.9 Å². The molecular weight excluding hydrogens is 354 g/mol. The fraction of sp³-hybridized carbons (Fsp3) is 0.412. The summed E-state index contributed by atoms with van der Waals surface area (Å²) in [5, 5.41) is 13.3. The highest BCUT2D eigenvalue weighted by molar-refractivity contribution is 7.88. The van der Waals surface area contributed by atoms with Gasteiger partial charge < -0.3 is 15.3 Å². The molecule has 1 aliphatic heterocycles. The van der Waals surface area contributed by atoms with Crippen molar-refractivity contribution in [2.75, 3.05) is 49.2 Å². The first-order valence-electron chi connectivity index (χ1n) is 8.42. The van der Waals surface area contributed by atoms with Gasteiger partial charge in [0.15, 0.2) is 0 Å². The van der Waals surface area contributed by atoms with E-state index < -0.39 is 16.1 Å². The van der Waals surface area contributed by atoms with Crippen LogP contribution in [0.5, 0.6) is 0 Å². The largest absolute Gasteiger partial charge is 0.387 e. The van der Waals surface area contributed by atoms with Gasteiger partial charge in [-0.25, -0.2) is 18.4 Å². The second-order valence-electron chi connectivity index (χ2n) is 6.22. The molecule has 1 fully saturated rings. The minimum atomic E-state index is -3.15. The first-order valence-corrected chi connectivity index (χ1v) is 10.3. The number of anilines is 2. The number of piperazine rings is 1. The Balaban J connectivity index is 1.59. The summed E-state index contributed by atoms with van der Waals surface area (Å²) < 4.78 is 24.7. The maximum atomic E-state index is 11.6. The minimum Gasteiger partial charge on any atom is -0.387 e. The quantitative estimate of drug-likeness (QED) is 0.765. The molecule has 140 valence electrons. The predicted octanol–water partition coefficient (Wildman–Crippen LogP) is 0.704. The van der Waals surface area contributed by atoms with E-state index in [1.54, 1.807) is 0 Å². The lowest BCUT2D eigenvalue weighted by molar-refractivity contribution is 0.191. The Morgan fingerprint density at radius 3 is 2.50 bits per heavy atom. The molecule has 0 amide bonds. The monoisotopic (exact) mass is 377 g/mol. The van der Waals surface area contributed by atoms with E-state index in [0.29, 0.717) is 38.5 Å². The lowest BCUT2D eigenvalue weighted by atomic mass is 10.1. The van der Waals surface area contributed by atoms with E-state index in [1.807, 2.05) is 41.3 Å². The zero-order valence-corrected chi connectivity index (χ0v) is 15.4.